The quantitative estimate of drug-likeness (QED) is 0.900. The first-order valence-corrected chi connectivity index (χ1v) is 7.11. The number of rotatable bonds is 4. The van der Waals surface area contributed by atoms with E-state index < -0.39 is 11.6 Å². The molecule has 0 saturated heterocycles. The first-order chi connectivity index (χ1) is 9.06. The standard InChI is InChI=1S/C13H10BrF2NOS/c14-11-5-4-9(19-11)7-17-12(18)6-8-2-1-3-10(15)13(8)16/h1-5H,6-7H2,(H,17,18). The molecule has 1 aromatic carbocycles. The summed E-state index contributed by atoms with van der Waals surface area (Å²) in [6, 6.07) is 7.59. The molecule has 0 spiro atoms. The minimum atomic E-state index is -0.962. The molecule has 1 aromatic heterocycles. The van der Waals surface area contributed by atoms with Crippen LogP contribution in [0.1, 0.15) is 10.4 Å². The van der Waals surface area contributed by atoms with Crippen LogP contribution in [0, 0.1) is 11.6 Å². The van der Waals surface area contributed by atoms with E-state index in [0.717, 1.165) is 14.7 Å². The van der Waals surface area contributed by atoms with Crippen molar-refractivity contribution in [3.8, 4) is 0 Å². The van der Waals surface area contributed by atoms with E-state index in [9.17, 15) is 13.6 Å². The first-order valence-electron chi connectivity index (χ1n) is 5.50. The van der Waals surface area contributed by atoms with Gasteiger partial charge in [0.1, 0.15) is 0 Å². The van der Waals surface area contributed by atoms with Gasteiger partial charge in [-0.2, -0.15) is 0 Å². The minimum Gasteiger partial charge on any atom is -0.351 e. The number of carbonyl (C=O) groups excluding carboxylic acids is 1. The lowest BCUT2D eigenvalue weighted by Gasteiger charge is -2.05. The van der Waals surface area contributed by atoms with E-state index in [0.29, 0.717) is 6.54 Å². The summed E-state index contributed by atoms with van der Waals surface area (Å²) < 4.78 is 27.3. The smallest absolute Gasteiger partial charge is 0.224 e. The summed E-state index contributed by atoms with van der Waals surface area (Å²) in [5, 5.41) is 2.67. The SMILES string of the molecule is O=C(Cc1cccc(F)c1F)NCc1ccc(Br)s1. The molecule has 0 radical (unpaired) electrons. The highest BCUT2D eigenvalue weighted by Gasteiger charge is 2.11. The molecule has 0 aliphatic heterocycles. The molecule has 19 heavy (non-hydrogen) atoms. The lowest BCUT2D eigenvalue weighted by molar-refractivity contribution is -0.120. The summed E-state index contributed by atoms with van der Waals surface area (Å²) in [6.45, 7) is 0.381. The number of amides is 1. The highest BCUT2D eigenvalue weighted by Crippen LogP contribution is 2.21. The molecular weight excluding hydrogens is 336 g/mol. The Morgan fingerprint density at radius 2 is 2.05 bits per heavy atom. The van der Waals surface area contributed by atoms with E-state index in [-0.39, 0.29) is 17.9 Å². The molecule has 1 amide bonds. The summed E-state index contributed by atoms with van der Waals surface area (Å²) >= 11 is 4.83. The molecule has 0 aliphatic rings. The van der Waals surface area contributed by atoms with Gasteiger partial charge in [0.25, 0.3) is 0 Å². The third-order valence-electron chi connectivity index (χ3n) is 2.47. The van der Waals surface area contributed by atoms with Crippen LogP contribution in [0.15, 0.2) is 34.1 Å². The highest BCUT2D eigenvalue weighted by molar-refractivity contribution is 9.11. The van der Waals surface area contributed by atoms with Gasteiger partial charge >= 0.3 is 0 Å². The van der Waals surface area contributed by atoms with Gasteiger partial charge in [-0.3, -0.25) is 4.79 Å². The van der Waals surface area contributed by atoms with Crippen LogP contribution >= 0.6 is 27.3 Å². The van der Waals surface area contributed by atoms with Gasteiger partial charge < -0.3 is 5.32 Å². The van der Waals surface area contributed by atoms with Gasteiger partial charge in [-0.05, 0) is 34.1 Å². The second-order valence-electron chi connectivity index (χ2n) is 3.87. The number of nitrogens with one attached hydrogen (secondary N) is 1. The Balaban J connectivity index is 1.92. The third-order valence-corrected chi connectivity index (χ3v) is 4.09. The molecule has 100 valence electrons. The maximum absolute atomic E-state index is 13.4. The van der Waals surface area contributed by atoms with Crippen LogP contribution in [-0.4, -0.2) is 5.91 Å². The van der Waals surface area contributed by atoms with Crippen molar-refractivity contribution >= 4 is 33.2 Å². The molecule has 0 bridgehead atoms. The molecular formula is C13H10BrF2NOS. The van der Waals surface area contributed by atoms with E-state index in [1.165, 1.54) is 23.5 Å². The molecule has 6 heteroatoms. The lowest BCUT2D eigenvalue weighted by Crippen LogP contribution is -2.24. The van der Waals surface area contributed by atoms with E-state index in [1.807, 2.05) is 12.1 Å². The predicted molar refractivity (Wildman–Crippen MR) is 73.9 cm³/mol. The lowest BCUT2D eigenvalue weighted by atomic mass is 10.1. The Hall–Kier alpha value is -1.27. The average molecular weight is 346 g/mol. The Kier molecular flexibility index (Phi) is 4.66. The minimum absolute atomic E-state index is 0.0601. The van der Waals surface area contributed by atoms with Crippen molar-refractivity contribution in [1.82, 2.24) is 5.32 Å². The third kappa shape index (κ3) is 3.84. The summed E-state index contributed by atoms with van der Waals surface area (Å²) in [7, 11) is 0. The second kappa shape index (κ2) is 6.25. The normalized spacial score (nSPS) is 10.5. The van der Waals surface area contributed by atoms with Crippen molar-refractivity contribution in [3.05, 3.63) is 56.2 Å². The molecule has 1 N–H and O–H groups in total. The van der Waals surface area contributed by atoms with E-state index in [4.69, 9.17) is 0 Å². The zero-order chi connectivity index (χ0) is 13.8. The number of hydrogen-bond acceptors (Lipinski definition) is 2. The zero-order valence-electron chi connectivity index (χ0n) is 9.75. The Bertz CT molecular complexity index is 600. The van der Waals surface area contributed by atoms with Crippen LogP contribution in [-0.2, 0) is 17.8 Å². The molecule has 0 saturated carbocycles. The number of halogens is 3. The Labute approximate surface area is 121 Å². The van der Waals surface area contributed by atoms with Gasteiger partial charge in [-0.1, -0.05) is 12.1 Å². The number of thiophene rings is 1. The molecule has 2 aromatic rings. The van der Waals surface area contributed by atoms with Gasteiger partial charge in [-0.15, -0.1) is 11.3 Å². The zero-order valence-corrected chi connectivity index (χ0v) is 12.2. The van der Waals surface area contributed by atoms with Gasteiger partial charge in [-0.25, -0.2) is 8.78 Å². The Morgan fingerprint density at radius 3 is 2.74 bits per heavy atom. The molecule has 0 unspecified atom stereocenters. The van der Waals surface area contributed by atoms with Crippen LogP contribution in [0.4, 0.5) is 8.78 Å². The van der Waals surface area contributed by atoms with Crippen molar-refractivity contribution in [1.29, 1.82) is 0 Å². The van der Waals surface area contributed by atoms with Gasteiger partial charge in [0.15, 0.2) is 11.6 Å². The van der Waals surface area contributed by atoms with E-state index >= 15 is 0 Å². The van der Waals surface area contributed by atoms with Crippen LogP contribution in [0.5, 0.6) is 0 Å². The number of benzene rings is 1. The van der Waals surface area contributed by atoms with Crippen molar-refractivity contribution in [2.75, 3.05) is 0 Å². The largest absolute Gasteiger partial charge is 0.351 e. The summed E-state index contributed by atoms with van der Waals surface area (Å²) in [5.41, 5.74) is 0.0601. The fourth-order valence-corrected chi connectivity index (χ4v) is 2.98. The van der Waals surface area contributed by atoms with Crippen LogP contribution in [0.2, 0.25) is 0 Å². The van der Waals surface area contributed by atoms with Crippen LogP contribution in [0.25, 0.3) is 0 Å². The average Bonchev–Trinajstić information content (AvgIpc) is 2.78. The maximum atomic E-state index is 13.4. The second-order valence-corrected chi connectivity index (χ2v) is 6.42. The maximum Gasteiger partial charge on any atom is 0.224 e. The molecule has 1 heterocycles. The van der Waals surface area contributed by atoms with Gasteiger partial charge in [0.05, 0.1) is 16.8 Å². The summed E-state index contributed by atoms with van der Waals surface area (Å²) in [5.74, 6) is -2.24. The molecule has 0 fully saturated rings. The molecule has 2 nitrogen and oxygen atoms in total. The number of hydrogen-bond donors (Lipinski definition) is 1. The molecule has 0 atom stereocenters. The van der Waals surface area contributed by atoms with Crippen molar-refractivity contribution in [3.63, 3.8) is 0 Å². The van der Waals surface area contributed by atoms with Gasteiger partial charge in [0.2, 0.25) is 5.91 Å². The fourth-order valence-electron chi connectivity index (χ4n) is 1.55. The first kappa shape index (κ1) is 14.1. The molecule has 2 rings (SSSR count). The van der Waals surface area contributed by atoms with Gasteiger partial charge in [0, 0.05) is 10.4 Å². The summed E-state index contributed by atoms with van der Waals surface area (Å²) in [4.78, 5) is 12.6. The van der Waals surface area contributed by atoms with E-state index in [1.54, 1.807) is 0 Å². The Morgan fingerprint density at radius 1 is 1.26 bits per heavy atom. The van der Waals surface area contributed by atoms with Crippen molar-refractivity contribution < 1.29 is 13.6 Å². The number of carbonyl (C=O) groups is 1. The van der Waals surface area contributed by atoms with Crippen molar-refractivity contribution in [2.45, 2.75) is 13.0 Å². The van der Waals surface area contributed by atoms with Crippen LogP contribution < -0.4 is 5.32 Å². The van der Waals surface area contributed by atoms with Crippen LogP contribution in [0.3, 0.4) is 0 Å². The van der Waals surface area contributed by atoms with E-state index in [2.05, 4.69) is 21.2 Å². The fraction of sp³-hybridized carbons (Fsp3) is 0.154. The summed E-state index contributed by atoms with van der Waals surface area (Å²) in [6.07, 6.45) is -0.170. The topological polar surface area (TPSA) is 29.1 Å². The predicted octanol–water partition coefficient (Wildman–Crippen LogP) is 3.65. The highest BCUT2D eigenvalue weighted by atomic mass is 79.9. The van der Waals surface area contributed by atoms with Crippen molar-refractivity contribution in [2.24, 2.45) is 0 Å². The monoisotopic (exact) mass is 345 g/mol. The molecule has 0 aliphatic carbocycles.